The van der Waals surface area contributed by atoms with Crippen LogP contribution in [0.1, 0.15) is 18.4 Å². The lowest BCUT2D eigenvalue weighted by Crippen LogP contribution is -2.25. The summed E-state index contributed by atoms with van der Waals surface area (Å²) in [4.78, 5) is 9.58. The lowest BCUT2D eigenvalue weighted by Gasteiger charge is -2.14. The molecule has 0 saturated heterocycles. The van der Waals surface area contributed by atoms with Gasteiger partial charge in [0.1, 0.15) is 5.56 Å². The van der Waals surface area contributed by atoms with Crippen LogP contribution in [0.4, 0.5) is 24.5 Å². The summed E-state index contributed by atoms with van der Waals surface area (Å²) >= 11 is 0. The van der Waals surface area contributed by atoms with Crippen LogP contribution in [0, 0.1) is 16.0 Å². The molecule has 6 nitrogen and oxygen atoms in total. The molecule has 0 radical (unpaired) electrons. The third-order valence-corrected chi connectivity index (χ3v) is 3.40. The summed E-state index contributed by atoms with van der Waals surface area (Å²) in [5, 5.41) is 23.0. The molecule has 1 atom stereocenters. The Balaban J connectivity index is 1.92. The summed E-state index contributed by atoms with van der Waals surface area (Å²) in [6, 6.07) is 2.63. The maximum atomic E-state index is 12.8. The van der Waals surface area contributed by atoms with Crippen LogP contribution in [0.3, 0.4) is 0 Å². The molecular weight excluding hydrogens is 317 g/mol. The molecule has 0 heterocycles. The second kappa shape index (κ2) is 7.14. The molecule has 128 valence electrons. The molecule has 2 N–H and O–H groups in total. The normalized spacial score (nSPS) is 16.2. The van der Waals surface area contributed by atoms with Gasteiger partial charge in [-0.1, -0.05) is 0 Å². The van der Waals surface area contributed by atoms with Crippen molar-refractivity contribution in [2.24, 2.45) is 5.92 Å². The largest absolute Gasteiger partial charge is 0.423 e. The van der Waals surface area contributed by atoms with Crippen molar-refractivity contribution >= 4 is 11.4 Å². The Bertz CT molecular complexity index is 561. The third-order valence-electron chi connectivity index (χ3n) is 3.40. The monoisotopic (exact) mass is 334 g/mol. The standard InChI is InChI=1S/C14H17F3N2O4/c15-14(16,17)12-5-10(3-4-13(12)19(21)22)18-6-11(20)8-23-7-9-1-2-9/h3-5,9,11,18,20H,1-2,6-8H2. The number of hydrogen-bond donors (Lipinski definition) is 2. The molecular formula is C14H17F3N2O4. The van der Waals surface area contributed by atoms with Crippen LogP contribution in [0.2, 0.25) is 0 Å². The number of nitro groups is 1. The van der Waals surface area contributed by atoms with Gasteiger partial charge in [0, 0.05) is 24.9 Å². The number of ether oxygens (including phenoxy) is 1. The lowest BCUT2D eigenvalue weighted by molar-refractivity contribution is -0.388. The summed E-state index contributed by atoms with van der Waals surface area (Å²) in [6.07, 6.45) is -3.46. The van der Waals surface area contributed by atoms with Crippen molar-refractivity contribution in [3.8, 4) is 0 Å². The predicted molar refractivity (Wildman–Crippen MR) is 76.1 cm³/mol. The van der Waals surface area contributed by atoms with Gasteiger partial charge in [-0.25, -0.2) is 0 Å². The number of alkyl halides is 3. The molecule has 1 fully saturated rings. The highest BCUT2D eigenvalue weighted by Crippen LogP contribution is 2.37. The Morgan fingerprint density at radius 2 is 2.13 bits per heavy atom. The zero-order valence-electron chi connectivity index (χ0n) is 12.2. The van der Waals surface area contributed by atoms with Gasteiger partial charge in [-0.2, -0.15) is 13.2 Å². The van der Waals surface area contributed by atoms with Gasteiger partial charge < -0.3 is 15.2 Å². The number of nitrogens with one attached hydrogen (secondary N) is 1. The molecule has 0 spiro atoms. The predicted octanol–water partition coefficient (Wildman–Crippen LogP) is 2.81. The fourth-order valence-corrected chi connectivity index (χ4v) is 1.98. The molecule has 1 aromatic rings. The van der Waals surface area contributed by atoms with E-state index >= 15 is 0 Å². The SMILES string of the molecule is O=[N+]([O-])c1ccc(NCC(O)COCC2CC2)cc1C(F)(F)F. The van der Waals surface area contributed by atoms with E-state index in [0.29, 0.717) is 18.6 Å². The molecule has 1 aliphatic rings. The summed E-state index contributed by atoms with van der Waals surface area (Å²) in [7, 11) is 0. The number of aliphatic hydroxyl groups is 1. The average molecular weight is 334 g/mol. The Morgan fingerprint density at radius 1 is 1.43 bits per heavy atom. The van der Waals surface area contributed by atoms with Crippen molar-refractivity contribution in [1.82, 2.24) is 0 Å². The summed E-state index contributed by atoms with van der Waals surface area (Å²) < 4.78 is 43.8. The van der Waals surface area contributed by atoms with Gasteiger partial charge in [0.15, 0.2) is 0 Å². The number of nitro benzene ring substituents is 1. The van der Waals surface area contributed by atoms with E-state index in [1.807, 2.05) is 0 Å². The average Bonchev–Trinajstić information content (AvgIpc) is 3.28. The molecule has 0 amide bonds. The minimum Gasteiger partial charge on any atom is -0.389 e. The van der Waals surface area contributed by atoms with E-state index < -0.39 is 28.5 Å². The summed E-state index contributed by atoms with van der Waals surface area (Å²) in [5.41, 5.74) is -2.28. The van der Waals surface area contributed by atoms with Crippen LogP contribution >= 0.6 is 0 Å². The van der Waals surface area contributed by atoms with Gasteiger partial charge in [0.05, 0.1) is 17.6 Å². The highest BCUT2D eigenvalue weighted by atomic mass is 19.4. The van der Waals surface area contributed by atoms with Crippen molar-refractivity contribution in [3.05, 3.63) is 33.9 Å². The lowest BCUT2D eigenvalue weighted by atomic mass is 10.1. The number of halogens is 3. The van der Waals surface area contributed by atoms with Crippen molar-refractivity contribution < 1.29 is 27.9 Å². The Morgan fingerprint density at radius 3 is 2.70 bits per heavy atom. The van der Waals surface area contributed by atoms with Gasteiger partial charge in [-0.05, 0) is 30.9 Å². The molecule has 1 saturated carbocycles. The molecule has 1 unspecified atom stereocenters. The van der Waals surface area contributed by atoms with Crippen LogP contribution in [-0.4, -0.2) is 35.9 Å². The smallest absolute Gasteiger partial charge is 0.389 e. The van der Waals surface area contributed by atoms with Crippen LogP contribution in [0.25, 0.3) is 0 Å². The van der Waals surface area contributed by atoms with Gasteiger partial charge in [-0.3, -0.25) is 10.1 Å². The number of hydrogen-bond acceptors (Lipinski definition) is 5. The summed E-state index contributed by atoms with van der Waals surface area (Å²) in [6.45, 7) is 0.648. The second-order valence-corrected chi connectivity index (χ2v) is 5.50. The molecule has 23 heavy (non-hydrogen) atoms. The van der Waals surface area contributed by atoms with E-state index in [0.717, 1.165) is 18.9 Å². The number of rotatable bonds is 8. The zero-order chi connectivity index (χ0) is 17.0. The Labute approximate surface area is 130 Å². The van der Waals surface area contributed by atoms with Crippen molar-refractivity contribution in [3.63, 3.8) is 0 Å². The molecule has 9 heteroatoms. The van der Waals surface area contributed by atoms with E-state index in [9.17, 15) is 28.4 Å². The topological polar surface area (TPSA) is 84.6 Å². The van der Waals surface area contributed by atoms with Gasteiger partial charge in [-0.15, -0.1) is 0 Å². The first kappa shape index (κ1) is 17.5. The quantitative estimate of drug-likeness (QED) is 0.564. The molecule has 2 rings (SSSR count). The van der Waals surface area contributed by atoms with Crippen LogP contribution < -0.4 is 5.32 Å². The first-order chi connectivity index (χ1) is 10.8. The van der Waals surface area contributed by atoms with Gasteiger partial charge in [0.25, 0.3) is 5.69 Å². The summed E-state index contributed by atoms with van der Waals surface area (Å²) in [5.74, 6) is 0.555. The van der Waals surface area contributed by atoms with Crippen molar-refractivity contribution in [2.45, 2.75) is 25.1 Å². The Kier molecular flexibility index (Phi) is 5.42. The highest BCUT2D eigenvalue weighted by molar-refractivity contribution is 5.55. The molecule has 0 aliphatic heterocycles. The van der Waals surface area contributed by atoms with Crippen molar-refractivity contribution in [1.29, 1.82) is 0 Å². The molecule has 0 aromatic heterocycles. The second-order valence-electron chi connectivity index (χ2n) is 5.50. The maximum Gasteiger partial charge on any atom is 0.423 e. The fraction of sp³-hybridized carbons (Fsp3) is 0.571. The number of aliphatic hydroxyl groups excluding tert-OH is 1. The van der Waals surface area contributed by atoms with Gasteiger partial charge >= 0.3 is 6.18 Å². The fourth-order valence-electron chi connectivity index (χ4n) is 1.98. The third kappa shape index (κ3) is 5.36. The minimum absolute atomic E-state index is 0.0141. The maximum absolute atomic E-state index is 12.8. The van der Waals surface area contributed by atoms with Crippen LogP contribution in [-0.2, 0) is 10.9 Å². The molecule has 1 aromatic carbocycles. The number of anilines is 1. The first-order valence-electron chi connectivity index (χ1n) is 7.12. The van der Waals surface area contributed by atoms with Crippen LogP contribution in [0.5, 0.6) is 0 Å². The van der Waals surface area contributed by atoms with E-state index in [1.54, 1.807) is 0 Å². The van der Waals surface area contributed by atoms with E-state index in [1.165, 1.54) is 6.07 Å². The number of benzene rings is 1. The van der Waals surface area contributed by atoms with E-state index in [-0.39, 0.29) is 18.8 Å². The Hall–Kier alpha value is -1.87. The van der Waals surface area contributed by atoms with Crippen molar-refractivity contribution in [2.75, 3.05) is 25.1 Å². The highest BCUT2D eigenvalue weighted by Gasteiger charge is 2.38. The zero-order valence-corrected chi connectivity index (χ0v) is 12.2. The van der Waals surface area contributed by atoms with E-state index in [2.05, 4.69) is 5.32 Å². The van der Waals surface area contributed by atoms with Crippen LogP contribution in [0.15, 0.2) is 18.2 Å². The first-order valence-corrected chi connectivity index (χ1v) is 7.12. The van der Waals surface area contributed by atoms with E-state index in [4.69, 9.17) is 4.74 Å². The molecule has 1 aliphatic carbocycles. The molecule has 0 bridgehead atoms. The number of nitrogens with zero attached hydrogens (tertiary/aromatic N) is 1. The van der Waals surface area contributed by atoms with Gasteiger partial charge in [0.2, 0.25) is 0 Å². The minimum atomic E-state index is -4.83.